The van der Waals surface area contributed by atoms with Gasteiger partial charge in [-0.15, -0.1) is 0 Å². The van der Waals surface area contributed by atoms with Crippen LogP contribution in [0, 0.1) is 6.92 Å². The number of benzene rings is 1. The van der Waals surface area contributed by atoms with Crippen LogP contribution in [0.1, 0.15) is 43.9 Å². The first-order valence-electron chi connectivity index (χ1n) is 6.70. The zero-order chi connectivity index (χ0) is 13.1. The normalized spacial score (nSPS) is 25.1. The number of hydrogen-bond donors (Lipinski definition) is 1. The molecule has 1 aliphatic rings. The van der Waals surface area contributed by atoms with Crippen molar-refractivity contribution in [2.75, 3.05) is 6.61 Å². The summed E-state index contributed by atoms with van der Waals surface area (Å²) in [6.45, 7) is 6.80. The fourth-order valence-electron chi connectivity index (χ4n) is 2.31. The summed E-state index contributed by atoms with van der Waals surface area (Å²) in [7, 11) is 0. The first kappa shape index (κ1) is 13.4. The topological polar surface area (TPSA) is 44.5 Å². The SMILES string of the molecule is Cc1cc([C@@H](C)N)ccc1OCC1CCC(C)O1. The van der Waals surface area contributed by atoms with Crippen LogP contribution in [0.3, 0.4) is 0 Å². The molecule has 1 saturated heterocycles. The summed E-state index contributed by atoms with van der Waals surface area (Å²) in [6, 6.07) is 6.20. The maximum atomic E-state index is 5.86. The largest absolute Gasteiger partial charge is 0.491 e. The molecule has 0 aromatic heterocycles. The van der Waals surface area contributed by atoms with Crippen molar-refractivity contribution in [3.8, 4) is 5.75 Å². The molecule has 1 aromatic rings. The highest BCUT2D eigenvalue weighted by atomic mass is 16.5. The van der Waals surface area contributed by atoms with E-state index < -0.39 is 0 Å². The summed E-state index contributed by atoms with van der Waals surface area (Å²) in [4.78, 5) is 0. The Kier molecular flexibility index (Phi) is 4.25. The molecule has 100 valence electrons. The van der Waals surface area contributed by atoms with Crippen molar-refractivity contribution < 1.29 is 9.47 Å². The molecule has 18 heavy (non-hydrogen) atoms. The lowest BCUT2D eigenvalue weighted by Crippen LogP contribution is -2.18. The number of hydrogen-bond acceptors (Lipinski definition) is 3. The highest BCUT2D eigenvalue weighted by molar-refractivity contribution is 5.37. The van der Waals surface area contributed by atoms with Gasteiger partial charge in [-0.1, -0.05) is 12.1 Å². The van der Waals surface area contributed by atoms with Gasteiger partial charge in [-0.2, -0.15) is 0 Å². The second-order valence-corrected chi connectivity index (χ2v) is 5.27. The van der Waals surface area contributed by atoms with Crippen molar-refractivity contribution in [2.45, 2.75) is 51.9 Å². The molecule has 0 aliphatic carbocycles. The van der Waals surface area contributed by atoms with Crippen molar-refractivity contribution in [3.05, 3.63) is 29.3 Å². The van der Waals surface area contributed by atoms with Crippen LogP contribution in [0.5, 0.6) is 5.75 Å². The van der Waals surface area contributed by atoms with E-state index in [0.717, 1.165) is 29.7 Å². The van der Waals surface area contributed by atoms with Crippen LogP contribution in [0.15, 0.2) is 18.2 Å². The van der Waals surface area contributed by atoms with Gasteiger partial charge in [-0.25, -0.2) is 0 Å². The van der Waals surface area contributed by atoms with Gasteiger partial charge in [0, 0.05) is 6.04 Å². The molecule has 2 unspecified atom stereocenters. The standard InChI is InChI=1S/C15H23NO2/c1-10-8-13(12(3)16)5-7-15(10)17-9-14-6-4-11(2)18-14/h5,7-8,11-12,14H,4,6,9,16H2,1-3H3/t11?,12-,14?/m1/s1. The van der Waals surface area contributed by atoms with Crippen LogP contribution in [0.2, 0.25) is 0 Å². The predicted molar refractivity (Wildman–Crippen MR) is 72.8 cm³/mol. The Hall–Kier alpha value is -1.06. The Morgan fingerprint density at radius 3 is 2.78 bits per heavy atom. The van der Waals surface area contributed by atoms with E-state index in [2.05, 4.69) is 19.9 Å². The van der Waals surface area contributed by atoms with Crippen LogP contribution < -0.4 is 10.5 Å². The number of nitrogens with two attached hydrogens (primary N) is 1. The number of aryl methyl sites for hydroxylation is 1. The quantitative estimate of drug-likeness (QED) is 0.892. The molecular formula is C15H23NO2. The minimum absolute atomic E-state index is 0.0664. The maximum absolute atomic E-state index is 5.86. The van der Waals surface area contributed by atoms with Gasteiger partial charge in [0.2, 0.25) is 0 Å². The lowest BCUT2D eigenvalue weighted by Gasteiger charge is -2.15. The molecule has 1 aromatic carbocycles. The average Bonchev–Trinajstić information content (AvgIpc) is 2.73. The molecule has 0 saturated carbocycles. The Bertz CT molecular complexity index is 403. The second kappa shape index (κ2) is 5.72. The highest BCUT2D eigenvalue weighted by Crippen LogP contribution is 2.24. The summed E-state index contributed by atoms with van der Waals surface area (Å²) in [5.41, 5.74) is 8.14. The molecule has 3 nitrogen and oxygen atoms in total. The Morgan fingerprint density at radius 1 is 1.44 bits per heavy atom. The van der Waals surface area contributed by atoms with Gasteiger partial charge in [0.05, 0.1) is 12.2 Å². The van der Waals surface area contributed by atoms with Crippen LogP contribution >= 0.6 is 0 Å². The van der Waals surface area contributed by atoms with Crippen molar-refractivity contribution in [1.29, 1.82) is 0 Å². The van der Waals surface area contributed by atoms with Crippen LogP contribution in [0.25, 0.3) is 0 Å². The summed E-state index contributed by atoms with van der Waals surface area (Å²) < 4.78 is 11.6. The van der Waals surface area contributed by atoms with E-state index in [1.807, 2.05) is 19.1 Å². The number of ether oxygens (including phenoxy) is 2. The molecule has 0 bridgehead atoms. The molecule has 0 amide bonds. The first-order chi connectivity index (χ1) is 8.56. The minimum Gasteiger partial charge on any atom is -0.491 e. The second-order valence-electron chi connectivity index (χ2n) is 5.27. The van der Waals surface area contributed by atoms with Crippen LogP contribution in [0.4, 0.5) is 0 Å². The van der Waals surface area contributed by atoms with E-state index in [0.29, 0.717) is 12.7 Å². The van der Waals surface area contributed by atoms with E-state index in [9.17, 15) is 0 Å². The highest BCUT2D eigenvalue weighted by Gasteiger charge is 2.22. The smallest absolute Gasteiger partial charge is 0.122 e. The predicted octanol–water partition coefficient (Wildman–Crippen LogP) is 2.96. The molecule has 1 heterocycles. The number of rotatable bonds is 4. The van der Waals surface area contributed by atoms with E-state index >= 15 is 0 Å². The molecule has 2 N–H and O–H groups in total. The summed E-state index contributed by atoms with van der Waals surface area (Å²) in [5, 5.41) is 0. The summed E-state index contributed by atoms with van der Waals surface area (Å²) in [6.07, 6.45) is 2.85. The zero-order valence-corrected chi connectivity index (χ0v) is 11.5. The van der Waals surface area contributed by atoms with E-state index in [4.69, 9.17) is 15.2 Å². The van der Waals surface area contributed by atoms with Gasteiger partial charge in [-0.3, -0.25) is 0 Å². The molecule has 3 heteroatoms. The Labute approximate surface area is 109 Å². The fourth-order valence-corrected chi connectivity index (χ4v) is 2.31. The van der Waals surface area contributed by atoms with E-state index in [1.54, 1.807) is 0 Å². The van der Waals surface area contributed by atoms with E-state index in [-0.39, 0.29) is 12.1 Å². The average molecular weight is 249 g/mol. The summed E-state index contributed by atoms with van der Waals surface area (Å²) in [5.74, 6) is 0.933. The first-order valence-corrected chi connectivity index (χ1v) is 6.70. The van der Waals surface area contributed by atoms with E-state index in [1.165, 1.54) is 0 Å². The fraction of sp³-hybridized carbons (Fsp3) is 0.600. The molecular weight excluding hydrogens is 226 g/mol. The lowest BCUT2D eigenvalue weighted by molar-refractivity contribution is 0.0263. The Morgan fingerprint density at radius 2 is 2.22 bits per heavy atom. The monoisotopic (exact) mass is 249 g/mol. The van der Waals surface area contributed by atoms with Gasteiger partial charge < -0.3 is 15.2 Å². The molecule has 0 radical (unpaired) electrons. The lowest BCUT2D eigenvalue weighted by atomic mass is 10.1. The van der Waals surface area contributed by atoms with Crippen LogP contribution in [-0.4, -0.2) is 18.8 Å². The zero-order valence-electron chi connectivity index (χ0n) is 11.5. The van der Waals surface area contributed by atoms with Crippen LogP contribution in [-0.2, 0) is 4.74 Å². The third-order valence-electron chi connectivity index (χ3n) is 3.47. The van der Waals surface area contributed by atoms with Gasteiger partial charge >= 0.3 is 0 Å². The molecule has 0 spiro atoms. The van der Waals surface area contributed by atoms with Gasteiger partial charge in [-0.05, 0) is 50.8 Å². The third-order valence-corrected chi connectivity index (χ3v) is 3.47. The van der Waals surface area contributed by atoms with Crippen molar-refractivity contribution in [3.63, 3.8) is 0 Å². The van der Waals surface area contributed by atoms with Crippen molar-refractivity contribution in [2.24, 2.45) is 5.73 Å². The third kappa shape index (κ3) is 3.24. The van der Waals surface area contributed by atoms with Gasteiger partial charge in [0.1, 0.15) is 12.4 Å². The Balaban J connectivity index is 1.93. The molecule has 3 atom stereocenters. The van der Waals surface area contributed by atoms with Gasteiger partial charge in [0.15, 0.2) is 0 Å². The van der Waals surface area contributed by atoms with Gasteiger partial charge in [0.25, 0.3) is 0 Å². The summed E-state index contributed by atoms with van der Waals surface area (Å²) >= 11 is 0. The van der Waals surface area contributed by atoms with Crippen molar-refractivity contribution >= 4 is 0 Å². The molecule has 1 fully saturated rings. The molecule has 1 aliphatic heterocycles. The molecule has 2 rings (SSSR count). The maximum Gasteiger partial charge on any atom is 0.122 e. The minimum atomic E-state index is 0.0664. The van der Waals surface area contributed by atoms with Crippen molar-refractivity contribution in [1.82, 2.24) is 0 Å².